The van der Waals surface area contributed by atoms with Crippen LogP contribution in [-0.4, -0.2) is 49.4 Å². The van der Waals surface area contributed by atoms with Gasteiger partial charge in [0.1, 0.15) is 12.6 Å². The lowest BCUT2D eigenvalue weighted by molar-refractivity contribution is -0.873. The van der Waals surface area contributed by atoms with Gasteiger partial charge in [-0.25, -0.2) is 0 Å². The van der Waals surface area contributed by atoms with Crippen molar-refractivity contribution in [1.82, 2.24) is 0 Å². The smallest absolute Gasteiger partial charge is 0.108 e. The molecule has 0 amide bonds. The first-order valence-electron chi connectivity index (χ1n) is 3.49. The summed E-state index contributed by atoms with van der Waals surface area (Å²) in [6.45, 7) is 0.425. The molecule has 0 bridgehead atoms. The molecule has 1 atom stereocenters. The summed E-state index contributed by atoms with van der Waals surface area (Å²) in [5.74, 6) is -1.20. The first-order valence-corrected chi connectivity index (χ1v) is 3.49. The second-order valence-electron chi connectivity index (χ2n) is 3.70. The fourth-order valence-electron chi connectivity index (χ4n) is 0.889. The number of carbonyl (C=O) groups is 1. The van der Waals surface area contributed by atoms with Gasteiger partial charge in [-0.05, 0) is 0 Å². The third kappa shape index (κ3) is 9.39. The minimum Gasteiger partial charge on any atom is -0.550 e. The predicted molar refractivity (Wildman–Crippen MR) is 45.3 cm³/mol. The van der Waals surface area contributed by atoms with Crippen molar-refractivity contribution in [1.29, 1.82) is 0 Å². The van der Waals surface area contributed by atoms with Crippen molar-refractivity contribution < 1.29 is 19.5 Å². The Morgan fingerprint density at radius 3 is 2.17 bits per heavy atom. The molecule has 4 nitrogen and oxygen atoms in total. The number of carboxylic acid groups (broad SMARTS) is 1. The molecule has 0 saturated carbocycles. The lowest BCUT2D eigenvalue weighted by Gasteiger charge is -2.26. The molecule has 0 aromatic rings. The lowest BCUT2D eigenvalue weighted by Crippen LogP contribution is -2.43. The van der Waals surface area contributed by atoms with E-state index in [-0.39, 0.29) is 13.8 Å². The maximum Gasteiger partial charge on any atom is 0.108 e. The molecule has 12 heavy (non-hydrogen) atoms. The summed E-state index contributed by atoms with van der Waals surface area (Å²) >= 11 is 0. The van der Waals surface area contributed by atoms with Gasteiger partial charge in [0, 0.05) is 12.4 Å². The average molecular weight is 177 g/mol. The Morgan fingerprint density at radius 2 is 1.92 bits per heavy atom. The number of aliphatic hydroxyl groups is 1. The van der Waals surface area contributed by atoms with Crippen LogP contribution in [0.25, 0.3) is 0 Å². The Kier molecular flexibility index (Phi) is 5.94. The third-order valence-corrected chi connectivity index (χ3v) is 1.16. The van der Waals surface area contributed by atoms with E-state index in [4.69, 9.17) is 5.11 Å². The maximum absolute atomic E-state index is 10.0. The summed E-state index contributed by atoms with van der Waals surface area (Å²) < 4.78 is 0.550. The van der Waals surface area contributed by atoms with E-state index in [0.29, 0.717) is 11.0 Å². The molecule has 0 rings (SSSR count). The number of carboxylic acids is 1. The number of hydrogen-bond donors (Lipinski definition) is 1. The molecule has 0 aromatic carbocycles. The van der Waals surface area contributed by atoms with Crippen LogP contribution >= 0.6 is 0 Å². The number of hydrogen-bond acceptors (Lipinski definition) is 3. The Labute approximate surface area is 74.0 Å². The van der Waals surface area contributed by atoms with Crippen molar-refractivity contribution >= 4 is 5.97 Å². The van der Waals surface area contributed by atoms with Gasteiger partial charge in [-0.15, -0.1) is 0 Å². The number of rotatable bonds is 4. The van der Waals surface area contributed by atoms with Crippen LogP contribution < -0.4 is 5.11 Å². The number of quaternary nitrogens is 1. The van der Waals surface area contributed by atoms with Crippen molar-refractivity contribution in [2.45, 2.75) is 20.0 Å². The Hall–Kier alpha value is -0.610. The van der Waals surface area contributed by atoms with Crippen LogP contribution in [0.1, 0.15) is 13.8 Å². The molecule has 0 aliphatic heterocycles. The van der Waals surface area contributed by atoms with Gasteiger partial charge in [-0.1, -0.05) is 7.43 Å². The van der Waals surface area contributed by atoms with Gasteiger partial charge in [0.25, 0.3) is 0 Å². The molecule has 0 unspecified atom stereocenters. The molecule has 0 radical (unpaired) electrons. The minimum absolute atomic E-state index is 0. The Bertz CT molecular complexity index is 140. The number of likely N-dealkylation sites (N-methyl/N-ethyl adjacent to an activating group) is 1. The van der Waals surface area contributed by atoms with Crippen molar-refractivity contribution in [3.05, 3.63) is 0 Å². The van der Waals surface area contributed by atoms with Crippen molar-refractivity contribution in [3.8, 4) is 0 Å². The molecule has 0 aromatic heterocycles. The molecular formula is C8H19NO3. The van der Waals surface area contributed by atoms with Crippen LogP contribution in [0, 0.1) is 0 Å². The van der Waals surface area contributed by atoms with Crippen LogP contribution in [0.4, 0.5) is 0 Å². The van der Waals surface area contributed by atoms with Gasteiger partial charge in [0.05, 0.1) is 21.1 Å². The lowest BCUT2D eigenvalue weighted by atomic mass is 10.2. The fourth-order valence-corrected chi connectivity index (χ4v) is 0.889. The van der Waals surface area contributed by atoms with Gasteiger partial charge in [-0.2, -0.15) is 0 Å². The zero-order valence-electron chi connectivity index (χ0n) is 7.20. The fraction of sp³-hybridized carbons (Fsp3) is 0.875. The molecular weight excluding hydrogens is 158 g/mol. The van der Waals surface area contributed by atoms with Crippen LogP contribution in [0.2, 0.25) is 0 Å². The highest BCUT2D eigenvalue weighted by atomic mass is 16.4. The monoisotopic (exact) mass is 177 g/mol. The molecule has 0 aliphatic carbocycles. The number of carbonyl (C=O) groups excluding carboxylic acids is 1. The second kappa shape index (κ2) is 5.11. The normalized spacial score (nSPS) is 13.3. The van der Waals surface area contributed by atoms with E-state index in [1.165, 1.54) is 0 Å². The molecule has 74 valence electrons. The SMILES string of the molecule is C.C[N+](C)(C)C[C@H](O)CC(=O)[O-]. The van der Waals surface area contributed by atoms with Crippen LogP contribution in [0.3, 0.4) is 0 Å². The number of aliphatic hydroxyl groups excluding tert-OH is 1. The van der Waals surface area contributed by atoms with Gasteiger partial charge in [0.2, 0.25) is 0 Å². The molecule has 0 spiro atoms. The van der Waals surface area contributed by atoms with Crippen molar-refractivity contribution in [2.75, 3.05) is 27.7 Å². The van der Waals surface area contributed by atoms with E-state index < -0.39 is 12.1 Å². The summed E-state index contributed by atoms with van der Waals surface area (Å²) in [4.78, 5) is 10.0. The van der Waals surface area contributed by atoms with Crippen LogP contribution in [-0.2, 0) is 4.79 Å². The first-order chi connectivity index (χ1) is 4.81. The van der Waals surface area contributed by atoms with Crippen molar-refractivity contribution in [3.63, 3.8) is 0 Å². The second-order valence-corrected chi connectivity index (χ2v) is 3.70. The van der Waals surface area contributed by atoms with Gasteiger partial charge < -0.3 is 19.5 Å². The van der Waals surface area contributed by atoms with Gasteiger partial charge >= 0.3 is 0 Å². The van der Waals surface area contributed by atoms with E-state index in [1.54, 1.807) is 0 Å². The zero-order valence-corrected chi connectivity index (χ0v) is 7.20. The average Bonchev–Trinajstić information content (AvgIpc) is 1.53. The number of nitrogens with zero attached hydrogens (tertiary/aromatic N) is 1. The summed E-state index contributed by atoms with van der Waals surface area (Å²) in [5, 5.41) is 19.1. The Morgan fingerprint density at radius 1 is 1.50 bits per heavy atom. The minimum atomic E-state index is -1.20. The van der Waals surface area contributed by atoms with Crippen LogP contribution in [0.5, 0.6) is 0 Å². The molecule has 0 fully saturated rings. The highest BCUT2D eigenvalue weighted by molar-refractivity contribution is 5.64. The van der Waals surface area contributed by atoms with E-state index in [0.717, 1.165) is 0 Å². The van der Waals surface area contributed by atoms with Crippen molar-refractivity contribution in [2.24, 2.45) is 0 Å². The summed E-state index contributed by atoms with van der Waals surface area (Å²) in [6, 6.07) is 0. The summed E-state index contributed by atoms with van der Waals surface area (Å²) in [7, 11) is 5.66. The summed E-state index contributed by atoms with van der Waals surface area (Å²) in [6.07, 6.45) is -1.09. The standard InChI is InChI=1S/C7H15NO3.CH4/c1-8(2,3)5-6(9)4-7(10)11;/h6,9H,4-5H2,1-3H3;1H4/t6-;/m1./s1. The highest BCUT2D eigenvalue weighted by Gasteiger charge is 2.14. The van der Waals surface area contributed by atoms with E-state index >= 15 is 0 Å². The summed E-state index contributed by atoms with van der Waals surface area (Å²) in [5.41, 5.74) is 0. The van der Waals surface area contributed by atoms with E-state index in [1.807, 2.05) is 21.1 Å². The zero-order chi connectivity index (χ0) is 9.07. The molecule has 0 aliphatic rings. The quantitative estimate of drug-likeness (QED) is 0.550. The maximum atomic E-state index is 10.0. The van der Waals surface area contributed by atoms with Gasteiger partial charge in [-0.3, -0.25) is 0 Å². The first kappa shape index (κ1) is 13.9. The highest BCUT2D eigenvalue weighted by Crippen LogP contribution is 1.97. The molecule has 1 N–H and O–H groups in total. The molecule has 0 saturated heterocycles. The van der Waals surface area contributed by atoms with Gasteiger partial charge in [0.15, 0.2) is 0 Å². The third-order valence-electron chi connectivity index (χ3n) is 1.16. The largest absolute Gasteiger partial charge is 0.550 e. The topological polar surface area (TPSA) is 60.4 Å². The Balaban J connectivity index is 0. The van der Waals surface area contributed by atoms with E-state index in [9.17, 15) is 9.90 Å². The molecule has 0 heterocycles. The molecule has 4 heteroatoms. The van der Waals surface area contributed by atoms with Crippen LogP contribution in [0.15, 0.2) is 0 Å². The number of aliphatic carboxylic acids is 1. The van der Waals surface area contributed by atoms with E-state index in [2.05, 4.69) is 0 Å². The predicted octanol–water partition coefficient (Wildman–Crippen LogP) is -1.17.